The van der Waals surface area contributed by atoms with E-state index in [1.165, 1.54) is 11.3 Å². The molecule has 0 saturated heterocycles. The summed E-state index contributed by atoms with van der Waals surface area (Å²) in [6, 6.07) is 3.51. The third-order valence-corrected chi connectivity index (χ3v) is 6.32. The predicted octanol–water partition coefficient (Wildman–Crippen LogP) is 5.30. The fourth-order valence-corrected chi connectivity index (χ4v) is 4.72. The lowest BCUT2D eigenvalue weighted by Crippen LogP contribution is -2.31. The molecule has 0 spiro atoms. The Hall–Kier alpha value is -3.07. The summed E-state index contributed by atoms with van der Waals surface area (Å²) in [6.45, 7) is 13.0. The highest BCUT2D eigenvalue weighted by Gasteiger charge is 2.26. The summed E-state index contributed by atoms with van der Waals surface area (Å²) < 4.78 is 11.0. The molecule has 4 aromatic rings. The summed E-state index contributed by atoms with van der Waals surface area (Å²) in [5.41, 5.74) is 1.64. The van der Waals surface area contributed by atoms with Gasteiger partial charge in [0.25, 0.3) is 11.8 Å². The van der Waals surface area contributed by atoms with Gasteiger partial charge in [-0.2, -0.15) is 0 Å². The molecule has 1 amide bonds. The smallest absolute Gasteiger partial charge is 0.283 e. The van der Waals surface area contributed by atoms with Crippen molar-refractivity contribution in [1.29, 1.82) is 0 Å². The molecule has 0 aliphatic carbocycles. The van der Waals surface area contributed by atoms with Gasteiger partial charge in [-0.15, -0.1) is 21.5 Å². The lowest BCUT2D eigenvalue weighted by molar-refractivity contribution is 0.0733. The second-order valence-electron chi connectivity index (χ2n) is 8.82. The van der Waals surface area contributed by atoms with Gasteiger partial charge in [-0.1, -0.05) is 27.7 Å². The average molecular weight is 454 g/mol. The molecule has 4 aromatic heterocycles. The number of hydrogen-bond acceptors (Lipinski definition) is 8. The van der Waals surface area contributed by atoms with E-state index < -0.39 is 0 Å². The number of nitrogens with zero attached hydrogens (tertiary/aromatic N) is 5. The highest BCUT2D eigenvalue weighted by Crippen LogP contribution is 2.34. The fourth-order valence-electron chi connectivity index (χ4n) is 3.52. The molecule has 0 atom stereocenters. The number of amides is 1. The minimum atomic E-state index is -0.168. The zero-order valence-electron chi connectivity index (χ0n) is 19.2. The molecular weight excluding hydrogens is 426 g/mol. The van der Waals surface area contributed by atoms with Gasteiger partial charge >= 0.3 is 0 Å². The average Bonchev–Trinajstić information content (AvgIpc) is 3.46. The van der Waals surface area contributed by atoms with Crippen molar-refractivity contribution >= 4 is 27.5 Å². The molecule has 9 heteroatoms. The van der Waals surface area contributed by atoms with Crippen LogP contribution in [0.4, 0.5) is 0 Å². The first kappa shape index (κ1) is 22.1. The largest absolute Gasteiger partial charge is 0.459 e. The van der Waals surface area contributed by atoms with Crippen LogP contribution in [0.1, 0.15) is 66.8 Å². The summed E-state index contributed by atoms with van der Waals surface area (Å²) in [6.07, 6.45) is 2.36. The van der Waals surface area contributed by atoms with Crippen LogP contribution >= 0.6 is 11.3 Å². The van der Waals surface area contributed by atoms with E-state index in [0.717, 1.165) is 33.7 Å². The van der Waals surface area contributed by atoms with Gasteiger partial charge in [0.15, 0.2) is 5.76 Å². The Balaban J connectivity index is 1.66. The van der Waals surface area contributed by atoms with Crippen molar-refractivity contribution < 1.29 is 13.6 Å². The summed E-state index contributed by atoms with van der Waals surface area (Å²) in [7, 11) is 0. The summed E-state index contributed by atoms with van der Waals surface area (Å²) in [5, 5.41) is 9.09. The number of furan rings is 1. The highest BCUT2D eigenvalue weighted by molar-refractivity contribution is 7.20. The van der Waals surface area contributed by atoms with Crippen LogP contribution in [0.2, 0.25) is 0 Å². The Morgan fingerprint density at radius 2 is 1.97 bits per heavy atom. The molecule has 0 unspecified atom stereocenters. The van der Waals surface area contributed by atoms with Gasteiger partial charge in [-0.25, -0.2) is 9.97 Å². The topological polar surface area (TPSA) is 98.2 Å². The summed E-state index contributed by atoms with van der Waals surface area (Å²) >= 11 is 1.42. The van der Waals surface area contributed by atoms with E-state index in [4.69, 9.17) is 18.8 Å². The molecule has 0 saturated carbocycles. The molecule has 0 fully saturated rings. The highest BCUT2D eigenvalue weighted by atomic mass is 32.1. The van der Waals surface area contributed by atoms with Crippen molar-refractivity contribution in [1.82, 2.24) is 25.1 Å². The van der Waals surface area contributed by atoms with Gasteiger partial charge in [0.2, 0.25) is 5.89 Å². The number of fused-ring (bicyclic) bond motifs is 1. The number of thiophene rings is 1. The first-order valence-corrected chi connectivity index (χ1v) is 11.4. The third kappa shape index (κ3) is 4.17. The second-order valence-corrected chi connectivity index (χ2v) is 9.82. The molecule has 8 nitrogen and oxygen atoms in total. The third-order valence-electron chi connectivity index (χ3n) is 5.14. The number of carbonyl (C=O) groups is 1. The Bertz CT molecular complexity index is 1250. The van der Waals surface area contributed by atoms with E-state index in [-0.39, 0.29) is 17.9 Å². The predicted molar refractivity (Wildman–Crippen MR) is 123 cm³/mol. The van der Waals surface area contributed by atoms with Gasteiger partial charge < -0.3 is 13.7 Å². The molecule has 4 rings (SSSR count). The van der Waals surface area contributed by atoms with Crippen LogP contribution in [0.3, 0.4) is 0 Å². The maximum absolute atomic E-state index is 13.5. The van der Waals surface area contributed by atoms with E-state index in [2.05, 4.69) is 31.0 Å². The molecular formula is C23H27N5O3S. The SMILES string of the molecule is CCCN(Cc1nnc(-c2ccco2)o1)C(=O)c1sc2nc(C(C)(C)C)nc(C)c2c1C. The minimum absolute atomic E-state index is 0.0678. The Labute approximate surface area is 190 Å². The van der Waals surface area contributed by atoms with Crippen LogP contribution in [-0.4, -0.2) is 37.5 Å². The first-order chi connectivity index (χ1) is 15.2. The maximum atomic E-state index is 13.5. The molecule has 0 bridgehead atoms. The minimum Gasteiger partial charge on any atom is -0.459 e. The van der Waals surface area contributed by atoms with E-state index in [0.29, 0.717) is 29.0 Å². The van der Waals surface area contributed by atoms with Gasteiger partial charge in [-0.05, 0) is 38.0 Å². The van der Waals surface area contributed by atoms with E-state index >= 15 is 0 Å². The van der Waals surface area contributed by atoms with Crippen molar-refractivity contribution in [3.05, 3.63) is 46.2 Å². The molecule has 168 valence electrons. The standard InChI is InChI=1S/C23H27N5O3S/c1-7-10-28(12-16-26-27-19(31-16)15-9-8-11-30-15)21(29)18-13(2)17-14(3)24-22(23(4,5)6)25-20(17)32-18/h8-9,11H,7,10,12H2,1-6H3. The van der Waals surface area contributed by atoms with E-state index in [9.17, 15) is 4.79 Å². The zero-order chi connectivity index (χ0) is 23.0. The van der Waals surface area contributed by atoms with Crippen molar-refractivity contribution in [2.75, 3.05) is 6.54 Å². The zero-order valence-corrected chi connectivity index (χ0v) is 20.0. The molecule has 0 N–H and O–H groups in total. The van der Waals surface area contributed by atoms with Gasteiger partial charge in [-0.3, -0.25) is 4.79 Å². The van der Waals surface area contributed by atoms with Crippen LogP contribution in [-0.2, 0) is 12.0 Å². The van der Waals surface area contributed by atoms with Crippen molar-refractivity contribution in [2.24, 2.45) is 0 Å². The number of aryl methyl sites for hydroxylation is 2. The van der Waals surface area contributed by atoms with Crippen LogP contribution in [0, 0.1) is 13.8 Å². The van der Waals surface area contributed by atoms with Crippen molar-refractivity contribution in [3.63, 3.8) is 0 Å². The molecule has 32 heavy (non-hydrogen) atoms. The van der Waals surface area contributed by atoms with Gasteiger partial charge in [0.1, 0.15) is 10.7 Å². The summed E-state index contributed by atoms with van der Waals surface area (Å²) in [5.74, 6) is 1.88. The Morgan fingerprint density at radius 1 is 1.19 bits per heavy atom. The lowest BCUT2D eigenvalue weighted by atomic mass is 9.95. The summed E-state index contributed by atoms with van der Waals surface area (Å²) in [4.78, 5) is 26.3. The molecule has 0 radical (unpaired) electrons. The van der Waals surface area contributed by atoms with Crippen molar-refractivity contribution in [2.45, 2.75) is 59.9 Å². The van der Waals surface area contributed by atoms with E-state index in [1.807, 2.05) is 20.8 Å². The number of carbonyl (C=O) groups excluding carboxylic acids is 1. The van der Waals surface area contributed by atoms with Crippen LogP contribution in [0.5, 0.6) is 0 Å². The van der Waals surface area contributed by atoms with Crippen LogP contribution in [0.25, 0.3) is 21.9 Å². The maximum Gasteiger partial charge on any atom is 0.283 e. The molecule has 0 aliphatic rings. The van der Waals surface area contributed by atoms with Gasteiger partial charge in [0, 0.05) is 17.3 Å². The Kier molecular flexibility index (Phi) is 5.85. The number of rotatable bonds is 6. The molecule has 0 aliphatic heterocycles. The van der Waals surface area contributed by atoms with Gasteiger partial charge in [0.05, 0.1) is 23.4 Å². The molecule has 4 heterocycles. The number of hydrogen-bond donors (Lipinski definition) is 0. The fraction of sp³-hybridized carbons (Fsp3) is 0.435. The first-order valence-electron chi connectivity index (χ1n) is 10.6. The molecule has 0 aromatic carbocycles. The monoisotopic (exact) mass is 453 g/mol. The second kappa shape index (κ2) is 8.46. The lowest BCUT2D eigenvalue weighted by Gasteiger charge is -2.19. The van der Waals surface area contributed by atoms with Crippen LogP contribution in [0.15, 0.2) is 27.2 Å². The van der Waals surface area contributed by atoms with E-state index in [1.54, 1.807) is 23.3 Å². The normalized spacial score (nSPS) is 11.9. The number of aromatic nitrogens is 4. The quantitative estimate of drug-likeness (QED) is 0.390. The Morgan fingerprint density at radius 3 is 2.62 bits per heavy atom. The van der Waals surface area contributed by atoms with Crippen molar-refractivity contribution in [3.8, 4) is 11.7 Å². The van der Waals surface area contributed by atoms with Crippen LogP contribution < -0.4 is 0 Å².